The quantitative estimate of drug-likeness (QED) is 0.546. The van der Waals surface area contributed by atoms with Gasteiger partial charge in [0.15, 0.2) is 0 Å². The van der Waals surface area contributed by atoms with Gasteiger partial charge in [0, 0.05) is 0 Å². The van der Waals surface area contributed by atoms with Crippen LogP contribution in [-0.4, -0.2) is 12.7 Å². The minimum atomic E-state index is -0.552. The van der Waals surface area contributed by atoms with E-state index in [1.807, 2.05) is 0 Å². The van der Waals surface area contributed by atoms with E-state index < -0.39 is 6.17 Å². The SMILES string of the molecule is NC[C@@H]1CC[C@H](F)C1. The Morgan fingerprint density at radius 3 is 2.50 bits per heavy atom. The predicted molar refractivity (Wildman–Crippen MR) is 31.3 cm³/mol. The van der Waals surface area contributed by atoms with Gasteiger partial charge < -0.3 is 5.73 Å². The third-order valence-corrected chi connectivity index (χ3v) is 1.81. The molecule has 48 valence electrons. The second kappa shape index (κ2) is 2.44. The number of hydrogen-bond donors (Lipinski definition) is 1. The van der Waals surface area contributed by atoms with E-state index in [2.05, 4.69) is 0 Å². The molecule has 1 saturated carbocycles. The Kier molecular flexibility index (Phi) is 1.84. The molecule has 2 heteroatoms. The minimum absolute atomic E-state index is 0.477. The molecule has 1 nitrogen and oxygen atoms in total. The third kappa shape index (κ3) is 1.19. The van der Waals surface area contributed by atoms with Gasteiger partial charge in [0.2, 0.25) is 0 Å². The maximum absolute atomic E-state index is 12.3. The summed E-state index contributed by atoms with van der Waals surface area (Å²) in [5.74, 6) is 0.477. The van der Waals surface area contributed by atoms with Gasteiger partial charge in [-0.1, -0.05) is 0 Å². The van der Waals surface area contributed by atoms with Gasteiger partial charge in [-0.25, -0.2) is 4.39 Å². The van der Waals surface area contributed by atoms with Crippen molar-refractivity contribution >= 4 is 0 Å². The summed E-state index contributed by atoms with van der Waals surface area (Å²) >= 11 is 0. The molecule has 1 rings (SSSR count). The van der Waals surface area contributed by atoms with Crippen molar-refractivity contribution < 1.29 is 4.39 Å². The monoisotopic (exact) mass is 117 g/mol. The fourth-order valence-corrected chi connectivity index (χ4v) is 1.23. The number of rotatable bonds is 1. The fraction of sp³-hybridized carbons (Fsp3) is 1.00. The Labute approximate surface area is 49.1 Å². The summed E-state index contributed by atoms with van der Waals surface area (Å²) in [6.45, 7) is 0.667. The molecular formula is C6H12FN. The van der Waals surface area contributed by atoms with E-state index in [4.69, 9.17) is 5.73 Å². The summed E-state index contributed by atoms with van der Waals surface area (Å²) in [5, 5.41) is 0. The van der Waals surface area contributed by atoms with Crippen LogP contribution in [0.25, 0.3) is 0 Å². The Morgan fingerprint density at radius 2 is 2.25 bits per heavy atom. The lowest BCUT2D eigenvalue weighted by Crippen LogP contribution is -2.10. The smallest absolute Gasteiger partial charge is 0.100 e. The second-order valence-corrected chi connectivity index (χ2v) is 2.51. The lowest BCUT2D eigenvalue weighted by molar-refractivity contribution is 0.332. The zero-order valence-corrected chi connectivity index (χ0v) is 4.94. The molecule has 1 aliphatic rings. The van der Waals surface area contributed by atoms with E-state index in [1.165, 1.54) is 0 Å². The summed E-state index contributed by atoms with van der Waals surface area (Å²) in [6.07, 6.45) is 1.89. The minimum Gasteiger partial charge on any atom is -0.330 e. The molecule has 0 radical (unpaired) electrons. The van der Waals surface area contributed by atoms with E-state index in [9.17, 15) is 4.39 Å². The third-order valence-electron chi connectivity index (χ3n) is 1.81. The maximum Gasteiger partial charge on any atom is 0.100 e. The Bertz CT molecular complexity index is 74.9. The summed E-state index contributed by atoms with van der Waals surface area (Å²) in [4.78, 5) is 0. The topological polar surface area (TPSA) is 26.0 Å². The van der Waals surface area contributed by atoms with E-state index in [0.717, 1.165) is 12.8 Å². The molecular weight excluding hydrogens is 105 g/mol. The van der Waals surface area contributed by atoms with Crippen LogP contribution in [0.1, 0.15) is 19.3 Å². The molecule has 0 unspecified atom stereocenters. The first kappa shape index (κ1) is 6.02. The van der Waals surface area contributed by atoms with Crippen molar-refractivity contribution in [3.8, 4) is 0 Å². The van der Waals surface area contributed by atoms with Crippen molar-refractivity contribution in [2.75, 3.05) is 6.54 Å². The van der Waals surface area contributed by atoms with Gasteiger partial charge in [-0.05, 0) is 31.7 Å². The molecule has 0 aromatic heterocycles. The van der Waals surface area contributed by atoms with E-state index in [-0.39, 0.29) is 0 Å². The van der Waals surface area contributed by atoms with Crippen molar-refractivity contribution in [2.24, 2.45) is 11.7 Å². The highest BCUT2D eigenvalue weighted by Gasteiger charge is 2.22. The van der Waals surface area contributed by atoms with Gasteiger partial charge in [-0.3, -0.25) is 0 Å². The molecule has 8 heavy (non-hydrogen) atoms. The largest absolute Gasteiger partial charge is 0.330 e. The Balaban J connectivity index is 2.22. The van der Waals surface area contributed by atoms with Crippen molar-refractivity contribution in [1.29, 1.82) is 0 Å². The first-order valence-corrected chi connectivity index (χ1v) is 3.17. The molecule has 0 spiro atoms. The lowest BCUT2D eigenvalue weighted by Gasteiger charge is -2.00. The second-order valence-electron chi connectivity index (χ2n) is 2.51. The van der Waals surface area contributed by atoms with Crippen molar-refractivity contribution in [3.63, 3.8) is 0 Å². The van der Waals surface area contributed by atoms with Crippen LogP contribution in [0.4, 0.5) is 4.39 Å². The van der Waals surface area contributed by atoms with Crippen LogP contribution in [0.3, 0.4) is 0 Å². The number of alkyl halides is 1. The van der Waals surface area contributed by atoms with Crippen LogP contribution in [0, 0.1) is 5.92 Å². The van der Waals surface area contributed by atoms with Crippen molar-refractivity contribution in [2.45, 2.75) is 25.4 Å². The molecule has 2 atom stereocenters. The first-order chi connectivity index (χ1) is 3.83. The number of nitrogens with two attached hydrogens (primary N) is 1. The van der Waals surface area contributed by atoms with Gasteiger partial charge in [0.05, 0.1) is 0 Å². The molecule has 1 aliphatic carbocycles. The zero-order valence-electron chi connectivity index (χ0n) is 4.94. The van der Waals surface area contributed by atoms with E-state index >= 15 is 0 Å². The van der Waals surface area contributed by atoms with Gasteiger partial charge >= 0.3 is 0 Å². The van der Waals surface area contributed by atoms with Gasteiger partial charge in [0.25, 0.3) is 0 Å². The van der Waals surface area contributed by atoms with Crippen LogP contribution in [-0.2, 0) is 0 Å². The Hall–Kier alpha value is -0.110. The maximum atomic E-state index is 12.3. The molecule has 1 fully saturated rings. The molecule has 0 heterocycles. The zero-order chi connectivity index (χ0) is 5.98. The summed E-state index contributed by atoms with van der Waals surface area (Å²) in [5.41, 5.74) is 5.33. The fourth-order valence-electron chi connectivity index (χ4n) is 1.23. The normalized spacial score (nSPS) is 38.2. The highest BCUT2D eigenvalue weighted by Crippen LogP contribution is 2.26. The average molecular weight is 117 g/mol. The number of halogens is 1. The molecule has 0 aromatic rings. The van der Waals surface area contributed by atoms with Crippen LogP contribution in [0.15, 0.2) is 0 Å². The summed E-state index contributed by atoms with van der Waals surface area (Å²) in [7, 11) is 0. The van der Waals surface area contributed by atoms with Crippen molar-refractivity contribution in [1.82, 2.24) is 0 Å². The lowest BCUT2D eigenvalue weighted by atomic mass is 10.1. The van der Waals surface area contributed by atoms with Crippen molar-refractivity contribution in [3.05, 3.63) is 0 Å². The van der Waals surface area contributed by atoms with E-state index in [1.54, 1.807) is 0 Å². The standard InChI is InChI=1S/C6H12FN/c7-6-2-1-5(3-6)4-8/h5-6H,1-4,8H2/t5-,6+/m1/s1. The molecule has 0 saturated heterocycles. The van der Waals surface area contributed by atoms with Crippen LogP contribution in [0.2, 0.25) is 0 Å². The van der Waals surface area contributed by atoms with E-state index in [0.29, 0.717) is 18.9 Å². The molecule has 0 aromatic carbocycles. The van der Waals surface area contributed by atoms with Gasteiger partial charge in [0.1, 0.15) is 6.17 Å². The highest BCUT2D eigenvalue weighted by molar-refractivity contribution is 4.74. The van der Waals surface area contributed by atoms with Gasteiger partial charge in [-0.15, -0.1) is 0 Å². The molecule has 2 N–H and O–H groups in total. The van der Waals surface area contributed by atoms with Crippen LogP contribution >= 0.6 is 0 Å². The van der Waals surface area contributed by atoms with Crippen LogP contribution in [0.5, 0.6) is 0 Å². The van der Waals surface area contributed by atoms with Gasteiger partial charge in [-0.2, -0.15) is 0 Å². The molecule has 0 aliphatic heterocycles. The first-order valence-electron chi connectivity index (χ1n) is 3.17. The summed E-state index contributed by atoms with van der Waals surface area (Å²) < 4.78 is 12.3. The summed E-state index contributed by atoms with van der Waals surface area (Å²) in [6, 6.07) is 0. The molecule has 0 bridgehead atoms. The van der Waals surface area contributed by atoms with Crippen LogP contribution < -0.4 is 5.73 Å². The average Bonchev–Trinajstić information content (AvgIpc) is 2.14. The predicted octanol–water partition coefficient (Wildman–Crippen LogP) is 1.08. The Morgan fingerprint density at radius 1 is 1.50 bits per heavy atom. The highest BCUT2D eigenvalue weighted by atomic mass is 19.1. The molecule has 0 amide bonds. The number of hydrogen-bond acceptors (Lipinski definition) is 1.